The third-order valence-electron chi connectivity index (χ3n) is 3.22. The van der Waals surface area contributed by atoms with Crippen LogP contribution in [0, 0.1) is 17.1 Å². The Hall–Kier alpha value is -3.04. The molecule has 2 rings (SSSR count). The Morgan fingerprint density at radius 2 is 2.16 bits per heavy atom. The Kier molecular flexibility index (Phi) is 6.38. The third kappa shape index (κ3) is 5.23. The molecular formula is C18H15ClFN3O2. The summed E-state index contributed by atoms with van der Waals surface area (Å²) in [6, 6.07) is 12.6. The maximum Gasteiger partial charge on any atom is 0.267 e. The Morgan fingerprint density at radius 1 is 1.36 bits per heavy atom. The second kappa shape index (κ2) is 8.71. The predicted octanol–water partition coefficient (Wildman–Crippen LogP) is 3.62. The molecule has 128 valence electrons. The van der Waals surface area contributed by atoms with Gasteiger partial charge in [0.25, 0.3) is 5.91 Å². The number of hydrogen-bond acceptors (Lipinski definition) is 4. The van der Waals surface area contributed by atoms with E-state index in [9.17, 15) is 9.18 Å². The molecule has 2 N–H and O–H groups in total. The van der Waals surface area contributed by atoms with Crippen LogP contribution in [-0.4, -0.2) is 13.0 Å². The van der Waals surface area contributed by atoms with Gasteiger partial charge in [0.2, 0.25) is 0 Å². The van der Waals surface area contributed by atoms with Crippen molar-refractivity contribution in [1.29, 1.82) is 5.26 Å². The van der Waals surface area contributed by atoms with Crippen LogP contribution in [0.15, 0.2) is 54.2 Å². The van der Waals surface area contributed by atoms with E-state index in [2.05, 4.69) is 10.6 Å². The molecule has 0 aliphatic carbocycles. The van der Waals surface area contributed by atoms with E-state index in [1.54, 1.807) is 24.3 Å². The number of ether oxygens (including phenoxy) is 1. The molecule has 0 radical (unpaired) electrons. The molecule has 0 saturated carbocycles. The van der Waals surface area contributed by atoms with Crippen molar-refractivity contribution in [2.75, 3.05) is 12.4 Å². The maximum absolute atomic E-state index is 13.1. The van der Waals surface area contributed by atoms with Crippen LogP contribution >= 0.6 is 11.6 Å². The molecule has 7 heteroatoms. The average molecular weight is 360 g/mol. The number of halogens is 2. The lowest BCUT2D eigenvalue weighted by Gasteiger charge is -2.10. The number of nitrogens with zero attached hydrogens (tertiary/aromatic N) is 1. The van der Waals surface area contributed by atoms with E-state index < -0.39 is 5.91 Å². The second-order valence-electron chi connectivity index (χ2n) is 4.98. The summed E-state index contributed by atoms with van der Waals surface area (Å²) in [5.74, 6) is -0.549. The molecule has 0 unspecified atom stereocenters. The van der Waals surface area contributed by atoms with Crippen molar-refractivity contribution >= 4 is 23.2 Å². The first-order valence-corrected chi connectivity index (χ1v) is 7.64. The van der Waals surface area contributed by atoms with Crippen molar-refractivity contribution in [2.24, 2.45) is 0 Å². The molecule has 0 fully saturated rings. The van der Waals surface area contributed by atoms with Crippen LogP contribution in [-0.2, 0) is 11.3 Å². The summed E-state index contributed by atoms with van der Waals surface area (Å²) in [5, 5.41) is 15.0. The molecule has 0 bridgehead atoms. The summed E-state index contributed by atoms with van der Waals surface area (Å²) in [6.07, 6.45) is 1.28. The number of methoxy groups -OCH3 is 1. The highest BCUT2D eigenvalue weighted by molar-refractivity contribution is 6.31. The van der Waals surface area contributed by atoms with Crippen LogP contribution in [0.25, 0.3) is 0 Å². The fourth-order valence-electron chi connectivity index (χ4n) is 2.03. The lowest BCUT2D eigenvalue weighted by atomic mass is 10.2. The number of carbonyl (C=O) groups is 1. The van der Waals surface area contributed by atoms with E-state index >= 15 is 0 Å². The number of rotatable bonds is 6. The van der Waals surface area contributed by atoms with E-state index in [1.165, 1.54) is 31.5 Å². The minimum atomic E-state index is -0.616. The Bertz CT molecular complexity index is 846. The molecule has 0 heterocycles. The molecule has 0 aliphatic rings. The molecule has 5 nitrogen and oxygen atoms in total. The van der Waals surface area contributed by atoms with Gasteiger partial charge in [-0.2, -0.15) is 5.26 Å². The Morgan fingerprint density at radius 3 is 2.84 bits per heavy atom. The quantitative estimate of drug-likeness (QED) is 0.610. The summed E-state index contributed by atoms with van der Waals surface area (Å²) in [6.45, 7) is 0.275. The number of nitrogens with one attached hydrogen (secondary N) is 2. The molecule has 0 saturated heterocycles. The summed E-state index contributed by atoms with van der Waals surface area (Å²) in [7, 11) is 1.46. The molecule has 0 spiro atoms. The average Bonchev–Trinajstić information content (AvgIpc) is 2.59. The van der Waals surface area contributed by atoms with Gasteiger partial charge >= 0.3 is 0 Å². The van der Waals surface area contributed by atoms with Crippen molar-refractivity contribution in [3.05, 3.63) is 70.6 Å². The number of amides is 1. The topological polar surface area (TPSA) is 74.1 Å². The molecule has 2 aromatic carbocycles. The first kappa shape index (κ1) is 18.3. The first-order valence-electron chi connectivity index (χ1n) is 7.26. The lowest BCUT2D eigenvalue weighted by molar-refractivity contribution is -0.112. The SMILES string of the molecule is COc1ccc(Cl)cc1NC(=O)/C(C#N)=C\NCc1cccc(F)c1. The van der Waals surface area contributed by atoms with Crippen LogP contribution in [0.2, 0.25) is 5.02 Å². The molecule has 1 amide bonds. The lowest BCUT2D eigenvalue weighted by Crippen LogP contribution is -2.17. The van der Waals surface area contributed by atoms with Crippen LogP contribution in [0.3, 0.4) is 0 Å². The van der Waals surface area contributed by atoms with Crippen molar-refractivity contribution in [2.45, 2.75) is 6.54 Å². The summed E-state index contributed by atoms with van der Waals surface area (Å²) in [4.78, 5) is 12.2. The van der Waals surface area contributed by atoms with Gasteiger partial charge in [0.05, 0.1) is 12.8 Å². The van der Waals surface area contributed by atoms with Crippen molar-refractivity contribution in [1.82, 2.24) is 5.32 Å². The number of anilines is 1. The van der Waals surface area contributed by atoms with Crippen LogP contribution in [0.4, 0.5) is 10.1 Å². The molecule has 2 aromatic rings. The van der Waals surface area contributed by atoms with Gasteiger partial charge in [-0.3, -0.25) is 4.79 Å². The smallest absolute Gasteiger partial charge is 0.267 e. The van der Waals surface area contributed by atoms with E-state index in [1.807, 2.05) is 6.07 Å². The van der Waals surface area contributed by atoms with Crippen molar-refractivity contribution < 1.29 is 13.9 Å². The fourth-order valence-corrected chi connectivity index (χ4v) is 2.21. The summed E-state index contributed by atoms with van der Waals surface area (Å²) >= 11 is 5.91. The minimum Gasteiger partial charge on any atom is -0.495 e. The van der Waals surface area contributed by atoms with E-state index in [-0.39, 0.29) is 17.9 Å². The number of hydrogen-bond donors (Lipinski definition) is 2. The zero-order valence-corrected chi connectivity index (χ0v) is 14.1. The molecule has 0 atom stereocenters. The molecular weight excluding hydrogens is 345 g/mol. The first-order chi connectivity index (χ1) is 12.0. The standard InChI is InChI=1S/C18H15ClFN3O2/c1-25-17-6-5-14(19)8-16(17)23-18(24)13(9-21)11-22-10-12-3-2-4-15(20)7-12/h2-8,11,22H,10H2,1H3,(H,23,24)/b13-11-. The van der Waals surface area contributed by atoms with Crippen LogP contribution in [0.1, 0.15) is 5.56 Å². The number of carbonyl (C=O) groups excluding carboxylic acids is 1. The number of benzene rings is 2. The normalized spacial score (nSPS) is 10.7. The predicted molar refractivity (Wildman–Crippen MR) is 93.6 cm³/mol. The van der Waals surface area contributed by atoms with Gasteiger partial charge < -0.3 is 15.4 Å². The number of nitriles is 1. The van der Waals surface area contributed by atoms with E-state index in [4.69, 9.17) is 21.6 Å². The van der Waals surface area contributed by atoms with E-state index in [0.717, 1.165) is 0 Å². The van der Waals surface area contributed by atoms with Gasteiger partial charge in [0.15, 0.2) is 0 Å². The second-order valence-corrected chi connectivity index (χ2v) is 5.42. The highest BCUT2D eigenvalue weighted by atomic mass is 35.5. The molecule has 25 heavy (non-hydrogen) atoms. The van der Waals surface area contributed by atoms with E-state index in [0.29, 0.717) is 22.0 Å². The van der Waals surface area contributed by atoms with Gasteiger partial charge in [-0.1, -0.05) is 23.7 Å². The van der Waals surface area contributed by atoms with Crippen LogP contribution < -0.4 is 15.4 Å². The zero-order chi connectivity index (χ0) is 18.2. The highest BCUT2D eigenvalue weighted by Crippen LogP contribution is 2.27. The van der Waals surface area contributed by atoms with Crippen molar-refractivity contribution in [3.63, 3.8) is 0 Å². The van der Waals surface area contributed by atoms with Gasteiger partial charge in [-0.15, -0.1) is 0 Å². The van der Waals surface area contributed by atoms with Gasteiger partial charge in [0, 0.05) is 17.8 Å². The maximum atomic E-state index is 13.1. The minimum absolute atomic E-state index is 0.140. The summed E-state index contributed by atoms with van der Waals surface area (Å²) in [5.41, 5.74) is 0.898. The summed E-state index contributed by atoms with van der Waals surface area (Å²) < 4.78 is 18.2. The van der Waals surface area contributed by atoms with Gasteiger partial charge in [0.1, 0.15) is 23.2 Å². The Balaban J connectivity index is 2.06. The Labute approximate surface area is 149 Å². The van der Waals surface area contributed by atoms with Crippen LogP contribution in [0.5, 0.6) is 5.75 Å². The molecule has 0 aromatic heterocycles. The fraction of sp³-hybridized carbons (Fsp3) is 0.111. The highest BCUT2D eigenvalue weighted by Gasteiger charge is 2.12. The van der Waals surface area contributed by atoms with Crippen molar-refractivity contribution in [3.8, 4) is 11.8 Å². The monoisotopic (exact) mass is 359 g/mol. The zero-order valence-electron chi connectivity index (χ0n) is 13.3. The largest absolute Gasteiger partial charge is 0.495 e. The van der Waals surface area contributed by atoms with Gasteiger partial charge in [-0.25, -0.2) is 4.39 Å². The van der Waals surface area contributed by atoms with Gasteiger partial charge in [-0.05, 0) is 35.9 Å². The molecule has 0 aliphatic heterocycles. The third-order valence-corrected chi connectivity index (χ3v) is 3.45.